The Bertz CT molecular complexity index is 335. The van der Waals surface area contributed by atoms with Crippen LogP contribution in [0.4, 0.5) is 0 Å². The van der Waals surface area contributed by atoms with Crippen molar-refractivity contribution in [2.45, 2.75) is 86.2 Å². The predicted molar refractivity (Wildman–Crippen MR) is 88.7 cm³/mol. The number of rotatable bonds is 1. The molecule has 130 valence electrons. The van der Waals surface area contributed by atoms with Crippen molar-refractivity contribution in [3.8, 4) is 0 Å². The summed E-state index contributed by atoms with van der Waals surface area (Å²) >= 11 is 0. The van der Waals surface area contributed by atoms with E-state index in [1.807, 2.05) is 13.8 Å². The van der Waals surface area contributed by atoms with E-state index >= 15 is 0 Å². The second-order valence-corrected chi connectivity index (χ2v) is 7.17. The zero-order valence-corrected chi connectivity index (χ0v) is 15.1. The van der Waals surface area contributed by atoms with E-state index < -0.39 is 0 Å². The van der Waals surface area contributed by atoms with E-state index in [1.165, 1.54) is 12.8 Å². The Labute approximate surface area is 135 Å². The van der Waals surface area contributed by atoms with Gasteiger partial charge >= 0.3 is 5.97 Å². The van der Waals surface area contributed by atoms with Crippen molar-refractivity contribution in [3.63, 3.8) is 0 Å². The van der Waals surface area contributed by atoms with E-state index in [9.17, 15) is 4.79 Å². The zero-order chi connectivity index (χ0) is 17.4. The van der Waals surface area contributed by atoms with Crippen LogP contribution in [0.3, 0.4) is 0 Å². The second kappa shape index (κ2) is 9.16. The second-order valence-electron chi connectivity index (χ2n) is 7.17. The summed E-state index contributed by atoms with van der Waals surface area (Å²) in [5.41, 5.74) is 0.275. The molecule has 1 heterocycles. The molecular formula is C18H34O4. The maximum absolute atomic E-state index is 12.1. The number of carbonyl (C=O) groups is 2. The number of carbonyl (C=O) groups excluding carboxylic acids is 1. The van der Waals surface area contributed by atoms with Gasteiger partial charge in [0, 0.05) is 6.42 Å². The zero-order valence-electron chi connectivity index (χ0n) is 15.1. The van der Waals surface area contributed by atoms with Crippen LogP contribution in [0.15, 0.2) is 0 Å². The normalized spacial score (nSPS) is 30.5. The van der Waals surface area contributed by atoms with Crippen molar-refractivity contribution < 1.29 is 19.4 Å². The molecule has 2 fully saturated rings. The molecule has 1 aliphatic carbocycles. The first kappa shape index (κ1) is 20.9. The van der Waals surface area contributed by atoms with Crippen LogP contribution in [0.1, 0.15) is 80.1 Å². The topological polar surface area (TPSA) is 63.6 Å². The number of cyclic esters (lactones) is 1. The molecule has 2 rings (SSSR count). The van der Waals surface area contributed by atoms with Crippen molar-refractivity contribution >= 4 is 12.4 Å². The SMILES string of the molecule is CC.CCC1CC2(CCC(C(C)(C)C)CC2)C(=O)O1.O=CO. The highest BCUT2D eigenvalue weighted by atomic mass is 16.6. The van der Waals surface area contributed by atoms with Gasteiger partial charge in [-0.1, -0.05) is 41.5 Å². The van der Waals surface area contributed by atoms with E-state index in [2.05, 4.69) is 27.7 Å². The Morgan fingerprint density at radius 2 is 1.73 bits per heavy atom. The summed E-state index contributed by atoms with van der Waals surface area (Å²) in [6, 6.07) is 0. The average Bonchev–Trinajstić information content (AvgIpc) is 2.78. The van der Waals surface area contributed by atoms with Crippen LogP contribution < -0.4 is 0 Å². The van der Waals surface area contributed by atoms with E-state index in [0.29, 0.717) is 5.41 Å². The lowest BCUT2D eigenvalue weighted by Crippen LogP contribution is -2.35. The molecular weight excluding hydrogens is 280 g/mol. The third-order valence-electron chi connectivity index (χ3n) is 4.95. The van der Waals surface area contributed by atoms with E-state index in [4.69, 9.17) is 14.6 Å². The number of ether oxygens (including phenoxy) is 1. The number of carboxylic acid groups (broad SMARTS) is 1. The van der Waals surface area contributed by atoms with Gasteiger partial charge in [0.2, 0.25) is 0 Å². The molecule has 1 spiro atoms. The van der Waals surface area contributed by atoms with Gasteiger partial charge in [-0.25, -0.2) is 0 Å². The average molecular weight is 314 g/mol. The Kier molecular flexibility index (Phi) is 8.72. The molecule has 1 saturated heterocycles. The molecule has 22 heavy (non-hydrogen) atoms. The fraction of sp³-hybridized carbons (Fsp3) is 0.889. The molecule has 2 aliphatic rings. The fourth-order valence-electron chi connectivity index (χ4n) is 3.51. The van der Waals surface area contributed by atoms with Crippen molar-refractivity contribution in [1.82, 2.24) is 0 Å². The van der Waals surface area contributed by atoms with Gasteiger partial charge in [0.1, 0.15) is 6.10 Å². The Morgan fingerprint density at radius 3 is 2.05 bits per heavy atom. The molecule has 4 heteroatoms. The fourth-order valence-corrected chi connectivity index (χ4v) is 3.51. The van der Waals surface area contributed by atoms with Gasteiger partial charge in [-0.05, 0) is 43.4 Å². The van der Waals surface area contributed by atoms with Crippen LogP contribution in [0.2, 0.25) is 0 Å². The van der Waals surface area contributed by atoms with Crippen LogP contribution in [-0.2, 0) is 14.3 Å². The monoisotopic (exact) mass is 314 g/mol. The van der Waals surface area contributed by atoms with Gasteiger partial charge in [0.25, 0.3) is 6.47 Å². The Morgan fingerprint density at radius 1 is 1.27 bits per heavy atom. The van der Waals surface area contributed by atoms with Crippen molar-refractivity contribution in [3.05, 3.63) is 0 Å². The number of hydrogen-bond acceptors (Lipinski definition) is 3. The van der Waals surface area contributed by atoms with Crippen LogP contribution in [0.25, 0.3) is 0 Å². The smallest absolute Gasteiger partial charge is 0.312 e. The molecule has 0 aromatic heterocycles. The van der Waals surface area contributed by atoms with Crippen LogP contribution >= 0.6 is 0 Å². The standard InChI is InChI=1S/C15H26O2.C2H6.CH2O2/c1-5-12-10-15(13(16)17-12)8-6-11(7-9-15)14(2,3)4;1-2;2-1-3/h11-12H,5-10H2,1-4H3;1-2H3;1H,(H,2,3). The van der Waals surface area contributed by atoms with Crippen LogP contribution in [0.5, 0.6) is 0 Å². The highest BCUT2D eigenvalue weighted by Crippen LogP contribution is 2.51. The summed E-state index contributed by atoms with van der Waals surface area (Å²) in [5.74, 6) is 0.860. The highest BCUT2D eigenvalue weighted by Gasteiger charge is 2.50. The summed E-state index contributed by atoms with van der Waals surface area (Å²) < 4.78 is 5.49. The van der Waals surface area contributed by atoms with Gasteiger partial charge in [-0.15, -0.1) is 0 Å². The molecule has 1 N–H and O–H groups in total. The van der Waals surface area contributed by atoms with Crippen molar-refractivity contribution in [2.24, 2.45) is 16.7 Å². The third-order valence-corrected chi connectivity index (χ3v) is 4.95. The molecule has 0 aromatic rings. The third kappa shape index (κ3) is 5.29. The van der Waals surface area contributed by atoms with Gasteiger partial charge < -0.3 is 9.84 Å². The quantitative estimate of drug-likeness (QED) is 0.564. The lowest BCUT2D eigenvalue weighted by Gasteiger charge is -2.40. The molecule has 1 unspecified atom stereocenters. The van der Waals surface area contributed by atoms with Crippen LogP contribution in [0, 0.1) is 16.7 Å². The molecule has 4 nitrogen and oxygen atoms in total. The minimum absolute atomic E-state index is 0.0942. The summed E-state index contributed by atoms with van der Waals surface area (Å²) in [6.07, 6.45) is 6.60. The lowest BCUT2D eigenvalue weighted by molar-refractivity contribution is -0.151. The number of hydrogen-bond donors (Lipinski definition) is 1. The molecule has 1 saturated carbocycles. The molecule has 1 aliphatic heterocycles. The lowest BCUT2D eigenvalue weighted by atomic mass is 9.63. The summed E-state index contributed by atoms with van der Waals surface area (Å²) in [5, 5.41) is 6.89. The first-order valence-corrected chi connectivity index (χ1v) is 8.58. The largest absolute Gasteiger partial charge is 0.483 e. The van der Waals surface area contributed by atoms with Crippen molar-refractivity contribution in [2.75, 3.05) is 0 Å². The minimum atomic E-state index is -0.250. The highest BCUT2D eigenvalue weighted by molar-refractivity contribution is 5.79. The summed E-state index contributed by atoms with van der Waals surface area (Å²) in [6.45, 7) is 12.8. The van der Waals surface area contributed by atoms with E-state index in [-0.39, 0.29) is 24.0 Å². The van der Waals surface area contributed by atoms with Gasteiger partial charge in [0.15, 0.2) is 0 Å². The maximum Gasteiger partial charge on any atom is 0.312 e. The van der Waals surface area contributed by atoms with Crippen molar-refractivity contribution in [1.29, 1.82) is 0 Å². The molecule has 0 amide bonds. The first-order valence-electron chi connectivity index (χ1n) is 8.58. The van der Waals surface area contributed by atoms with E-state index in [1.54, 1.807) is 0 Å². The van der Waals surface area contributed by atoms with Crippen LogP contribution in [-0.4, -0.2) is 23.7 Å². The first-order chi connectivity index (χ1) is 10.3. The Balaban J connectivity index is 0.000000789. The molecule has 0 bridgehead atoms. The van der Waals surface area contributed by atoms with Gasteiger partial charge in [0.05, 0.1) is 5.41 Å². The van der Waals surface area contributed by atoms with Gasteiger partial charge in [-0.2, -0.15) is 0 Å². The van der Waals surface area contributed by atoms with E-state index in [0.717, 1.165) is 31.6 Å². The molecule has 0 aromatic carbocycles. The Hall–Kier alpha value is -1.06. The molecule has 0 radical (unpaired) electrons. The summed E-state index contributed by atoms with van der Waals surface area (Å²) in [4.78, 5) is 20.4. The summed E-state index contributed by atoms with van der Waals surface area (Å²) in [7, 11) is 0. The minimum Gasteiger partial charge on any atom is -0.483 e. The number of esters is 1. The molecule has 1 atom stereocenters. The maximum atomic E-state index is 12.1. The predicted octanol–water partition coefficient (Wildman–Crippen LogP) is 4.66. The van der Waals surface area contributed by atoms with Gasteiger partial charge in [-0.3, -0.25) is 9.59 Å².